The fourth-order valence-corrected chi connectivity index (χ4v) is 3.00. The molecule has 0 heterocycles. The van der Waals surface area contributed by atoms with Gasteiger partial charge in [-0.05, 0) is 0 Å². The van der Waals surface area contributed by atoms with E-state index in [0.717, 1.165) is 0 Å². The normalized spacial score (nSPS) is 13.0. The lowest BCUT2D eigenvalue weighted by Gasteiger charge is -2.31. The lowest BCUT2D eigenvalue weighted by molar-refractivity contribution is -0.243. The molecular weight excluding hydrogens is 406 g/mol. The van der Waals surface area contributed by atoms with Gasteiger partial charge in [-0.1, -0.05) is 0 Å². The minimum atomic E-state index is -7.25. The predicted molar refractivity (Wildman–Crippen MR) is 69.6 cm³/mol. The summed E-state index contributed by atoms with van der Waals surface area (Å²) in [5.41, 5.74) is 0. The Morgan fingerprint density at radius 3 is 1.16 bits per heavy atom. The molecule has 0 aliphatic rings. The van der Waals surface area contributed by atoms with Crippen molar-refractivity contribution >= 4 is 31.4 Å². The van der Waals surface area contributed by atoms with Crippen LogP contribution in [-0.2, 0) is 19.7 Å². The highest BCUT2D eigenvalue weighted by Gasteiger charge is 2.82. The van der Waals surface area contributed by atoms with Gasteiger partial charge in [0.05, 0.1) is 13.1 Å². The number of rotatable bonds is 6. The van der Waals surface area contributed by atoms with E-state index in [0.29, 0.717) is 0 Å². The molecular formula is C9F6N4O4S2-2. The van der Waals surface area contributed by atoms with Crippen molar-refractivity contribution in [2.45, 2.75) is 16.4 Å². The number of halogens is 6. The van der Waals surface area contributed by atoms with E-state index in [1.165, 1.54) is 0 Å². The molecule has 0 spiro atoms. The van der Waals surface area contributed by atoms with E-state index in [-0.39, 0.29) is 11.7 Å². The summed E-state index contributed by atoms with van der Waals surface area (Å²) in [4.78, 5) is 3.35. The van der Waals surface area contributed by atoms with Crippen LogP contribution in [0.15, 0.2) is 10.1 Å². The average molecular weight is 406 g/mol. The van der Waals surface area contributed by atoms with Crippen LogP contribution in [0.3, 0.4) is 0 Å². The zero-order valence-electron chi connectivity index (χ0n) is 11.0. The van der Waals surface area contributed by atoms with E-state index in [1.54, 1.807) is 9.69 Å². The summed E-state index contributed by atoms with van der Waals surface area (Å²) < 4.78 is 126. The molecule has 0 radical (unpaired) electrons. The summed E-state index contributed by atoms with van der Waals surface area (Å²) in [6, 6.07) is 0. The van der Waals surface area contributed by atoms with E-state index >= 15 is 0 Å². The number of nitrogens with zero attached hydrogens (tertiary/aromatic N) is 4. The first-order valence-corrected chi connectivity index (χ1v) is 7.93. The van der Waals surface area contributed by atoms with Gasteiger partial charge in [0.15, 0.2) is 0 Å². The summed E-state index contributed by atoms with van der Waals surface area (Å²) in [6.45, 7) is 12.2. The summed E-state index contributed by atoms with van der Waals surface area (Å²) in [5, 5.41) is -2.79. The molecule has 0 aliphatic heterocycles. The van der Waals surface area contributed by atoms with Crippen molar-refractivity contribution in [3.63, 3.8) is 0 Å². The van der Waals surface area contributed by atoms with Gasteiger partial charge >= 0.3 is 26.5 Å². The van der Waals surface area contributed by atoms with Crippen LogP contribution in [0.25, 0.3) is 20.5 Å². The highest BCUT2D eigenvalue weighted by molar-refractivity contribution is 7.97. The standard InChI is InChI=1S/C9F6N4O4S2/c1-18-5(3-16)24(20,21)8(12,13)7(10,11)9(14,15)25(22,23)6(4-17)19-2/q-2. The molecule has 0 aromatic heterocycles. The molecule has 8 nitrogen and oxygen atoms in total. The Morgan fingerprint density at radius 1 is 0.760 bits per heavy atom. The Labute approximate surface area is 135 Å². The molecule has 0 rings (SSSR count). The maximum Gasteiger partial charge on any atom is 0.411 e. The second kappa shape index (κ2) is 6.34. The highest BCUT2D eigenvalue weighted by Crippen LogP contribution is 2.53. The quantitative estimate of drug-likeness (QED) is 0.378. The van der Waals surface area contributed by atoms with Gasteiger partial charge in [-0.3, -0.25) is 11.7 Å². The number of sulfone groups is 2. The Hall–Kier alpha value is -2.64. The molecule has 0 aromatic carbocycles. The Bertz CT molecular complexity index is 910. The SMILES string of the molecule is [C-]#[N+]C(=C=[N-])S(=O)(=O)C(F)(F)C(F)(F)C(F)(F)S(=O)(=O)C(=C=[N-])[N+]#[C-]. The molecule has 0 atom stereocenters. The third kappa shape index (κ3) is 2.81. The first kappa shape index (κ1) is 22.4. The van der Waals surface area contributed by atoms with Gasteiger partial charge in [-0.25, -0.2) is 26.5 Å². The van der Waals surface area contributed by atoms with Crippen molar-refractivity contribution in [3.8, 4) is 0 Å². The summed E-state index contributed by atoms with van der Waals surface area (Å²) in [7, 11) is -14.1. The molecule has 0 aliphatic carbocycles. The third-order valence-electron chi connectivity index (χ3n) is 2.31. The first-order valence-electron chi connectivity index (χ1n) is 4.96. The van der Waals surface area contributed by atoms with E-state index in [4.69, 9.17) is 24.0 Å². The van der Waals surface area contributed by atoms with Crippen molar-refractivity contribution in [2.24, 2.45) is 0 Å². The molecule has 16 heteroatoms. The molecule has 0 saturated heterocycles. The van der Waals surface area contributed by atoms with Gasteiger partial charge < -0.3 is 10.8 Å². The average Bonchev–Trinajstić information content (AvgIpc) is 2.48. The van der Waals surface area contributed by atoms with Crippen LogP contribution < -0.4 is 0 Å². The topological polar surface area (TPSA) is 122 Å². The van der Waals surface area contributed by atoms with E-state index in [2.05, 4.69) is 0 Å². The molecule has 0 unspecified atom stereocenters. The van der Waals surface area contributed by atoms with Crippen molar-refractivity contribution in [2.75, 3.05) is 0 Å². The Balaban J connectivity index is 6.91. The number of hydrogen-bond donors (Lipinski definition) is 0. The van der Waals surface area contributed by atoms with E-state index in [9.17, 15) is 43.2 Å². The first-order chi connectivity index (χ1) is 11.0. The van der Waals surface area contributed by atoms with Gasteiger partial charge in [0.1, 0.15) is 0 Å². The van der Waals surface area contributed by atoms with E-state index < -0.39 is 46.2 Å². The minimum absolute atomic E-state index is 0.266. The molecule has 0 bridgehead atoms. The Morgan fingerprint density at radius 2 is 1.00 bits per heavy atom. The van der Waals surface area contributed by atoms with Crippen LogP contribution in [0.5, 0.6) is 0 Å². The van der Waals surface area contributed by atoms with E-state index in [1.807, 2.05) is 0 Å². The molecule has 136 valence electrons. The second-order valence-corrected chi connectivity index (χ2v) is 7.48. The maximum absolute atomic E-state index is 13.5. The van der Waals surface area contributed by atoms with Crippen LogP contribution in [0, 0.1) is 13.1 Å². The molecule has 0 aromatic rings. The van der Waals surface area contributed by atoms with Crippen molar-refractivity contribution in [3.05, 3.63) is 43.7 Å². The minimum Gasteiger partial charge on any atom is -0.775 e. The van der Waals surface area contributed by atoms with Gasteiger partial charge in [0, 0.05) is 0 Å². The summed E-state index contributed by atoms with van der Waals surface area (Å²) in [6.07, 6.45) is 0. The van der Waals surface area contributed by atoms with Gasteiger partial charge in [-0.15, -0.1) is 0 Å². The number of hydrogen-bond acceptors (Lipinski definition) is 4. The monoisotopic (exact) mass is 406 g/mol. The van der Waals surface area contributed by atoms with Gasteiger partial charge in [0.25, 0.3) is 19.7 Å². The van der Waals surface area contributed by atoms with Crippen molar-refractivity contribution < 1.29 is 43.2 Å². The summed E-state index contributed by atoms with van der Waals surface area (Å²) >= 11 is 0. The zero-order chi connectivity index (χ0) is 20.5. The highest BCUT2D eigenvalue weighted by atomic mass is 32.2. The van der Waals surface area contributed by atoms with Crippen LogP contribution in [0.4, 0.5) is 26.3 Å². The Kier molecular flexibility index (Phi) is 5.67. The molecule has 0 saturated carbocycles. The van der Waals surface area contributed by atoms with Crippen molar-refractivity contribution in [1.82, 2.24) is 0 Å². The second-order valence-electron chi connectivity index (χ2n) is 3.67. The third-order valence-corrected chi connectivity index (χ3v) is 5.56. The largest absolute Gasteiger partial charge is 0.775 e. The molecule has 0 fully saturated rings. The smallest absolute Gasteiger partial charge is 0.411 e. The fourth-order valence-electron chi connectivity index (χ4n) is 1.04. The van der Waals surface area contributed by atoms with Gasteiger partial charge in [0.2, 0.25) is 0 Å². The summed E-state index contributed by atoms with van der Waals surface area (Å²) in [5.74, 6) is -6.72. The van der Waals surface area contributed by atoms with Crippen LogP contribution in [0.2, 0.25) is 0 Å². The maximum atomic E-state index is 13.5. The lowest BCUT2D eigenvalue weighted by atomic mass is 10.3. The molecule has 25 heavy (non-hydrogen) atoms. The number of alkyl halides is 6. The van der Waals surface area contributed by atoms with Crippen LogP contribution in [0.1, 0.15) is 0 Å². The lowest BCUT2D eigenvalue weighted by Crippen LogP contribution is -2.60. The predicted octanol–water partition coefficient (Wildman–Crippen LogP) is 1.64. The molecule has 0 N–H and O–H groups in total. The van der Waals surface area contributed by atoms with Crippen LogP contribution in [-0.4, -0.2) is 45.0 Å². The zero-order valence-corrected chi connectivity index (χ0v) is 12.6. The fraction of sp³-hybridized carbons (Fsp3) is 0.333. The van der Waals surface area contributed by atoms with Crippen molar-refractivity contribution in [1.29, 1.82) is 0 Å². The molecule has 0 amide bonds. The van der Waals surface area contributed by atoms with Crippen LogP contribution >= 0.6 is 0 Å². The van der Waals surface area contributed by atoms with Gasteiger partial charge in [-0.2, -0.15) is 26.3 Å².